The number of nitrogens with one attached hydrogen (secondary N) is 1. The zero-order chi connectivity index (χ0) is 17.6. The molecule has 7 heteroatoms. The highest BCUT2D eigenvalue weighted by molar-refractivity contribution is 7.99. The van der Waals surface area contributed by atoms with Gasteiger partial charge in [0, 0.05) is 16.3 Å². The molecule has 2 aromatic carbocycles. The Balaban J connectivity index is 1.50. The number of halogens is 2. The van der Waals surface area contributed by atoms with Crippen LogP contribution >= 0.6 is 35.0 Å². The molecule has 4 nitrogen and oxygen atoms in total. The minimum absolute atomic E-state index is 0.152. The Bertz CT molecular complexity index is 869. The third-order valence-corrected chi connectivity index (χ3v) is 4.79. The Morgan fingerprint density at radius 1 is 1.16 bits per heavy atom. The summed E-state index contributed by atoms with van der Waals surface area (Å²) < 4.78 is 5.48. The molecule has 0 spiro atoms. The summed E-state index contributed by atoms with van der Waals surface area (Å²) in [5.41, 5.74) is 2.22. The van der Waals surface area contributed by atoms with Crippen LogP contribution in [0.1, 0.15) is 5.69 Å². The maximum absolute atomic E-state index is 12.0. The molecule has 0 aliphatic carbocycles. The fourth-order valence-corrected chi connectivity index (χ4v) is 3.15. The molecule has 0 saturated carbocycles. The number of rotatable bonds is 6. The molecule has 128 valence electrons. The quantitative estimate of drug-likeness (QED) is 0.599. The van der Waals surface area contributed by atoms with Gasteiger partial charge >= 0.3 is 0 Å². The van der Waals surface area contributed by atoms with E-state index in [2.05, 4.69) is 10.3 Å². The molecule has 3 rings (SSSR count). The monoisotopic (exact) mass is 392 g/mol. The molecule has 0 fully saturated rings. The SMILES string of the molecule is O=C(CSCc1coc(-c2ccccc2)n1)Nc1cc(Cl)ccc1Cl. The summed E-state index contributed by atoms with van der Waals surface area (Å²) in [5, 5.41) is 3.72. The number of carbonyl (C=O) groups excluding carboxylic acids is 1. The summed E-state index contributed by atoms with van der Waals surface area (Å²) >= 11 is 13.4. The summed E-state index contributed by atoms with van der Waals surface area (Å²) in [4.78, 5) is 16.4. The van der Waals surface area contributed by atoms with Crippen LogP contribution < -0.4 is 5.32 Å². The van der Waals surface area contributed by atoms with Crippen LogP contribution in [0.15, 0.2) is 59.2 Å². The standard InChI is InChI=1S/C18H14Cl2N2O2S/c19-13-6-7-15(20)16(8-13)22-17(23)11-25-10-14-9-24-18(21-14)12-4-2-1-3-5-12/h1-9H,10-11H2,(H,22,23). The van der Waals surface area contributed by atoms with Gasteiger partial charge in [-0.05, 0) is 30.3 Å². The summed E-state index contributed by atoms with van der Waals surface area (Å²) in [5.74, 6) is 1.27. The van der Waals surface area contributed by atoms with Gasteiger partial charge in [-0.15, -0.1) is 11.8 Å². The Morgan fingerprint density at radius 2 is 1.96 bits per heavy atom. The number of hydrogen-bond acceptors (Lipinski definition) is 4. The fourth-order valence-electron chi connectivity index (χ4n) is 2.11. The average Bonchev–Trinajstić information content (AvgIpc) is 3.08. The first-order valence-corrected chi connectivity index (χ1v) is 9.35. The number of hydrogen-bond donors (Lipinski definition) is 1. The summed E-state index contributed by atoms with van der Waals surface area (Å²) in [6.07, 6.45) is 1.61. The van der Waals surface area contributed by atoms with E-state index in [1.54, 1.807) is 24.5 Å². The van der Waals surface area contributed by atoms with Crippen molar-refractivity contribution in [1.29, 1.82) is 0 Å². The van der Waals surface area contributed by atoms with E-state index in [1.165, 1.54) is 11.8 Å². The molecule has 1 N–H and O–H groups in total. The zero-order valence-corrected chi connectivity index (χ0v) is 15.4. The number of benzene rings is 2. The molecule has 1 aromatic heterocycles. The van der Waals surface area contributed by atoms with E-state index in [0.29, 0.717) is 27.4 Å². The first-order chi connectivity index (χ1) is 12.1. The Labute approximate surface area is 159 Å². The Morgan fingerprint density at radius 3 is 2.76 bits per heavy atom. The van der Waals surface area contributed by atoms with Gasteiger partial charge in [-0.3, -0.25) is 4.79 Å². The van der Waals surface area contributed by atoms with Gasteiger partial charge in [0.05, 0.1) is 22.2 Å². The summed E-state index contributed by atoms with van der Waals surface area (Å²) in [6.45, 7) is 0. The van der Waals surface area contributed by atoms with E-state index in [-0.39, 0.29) is 11.7 Å². The minimum Gasteiger partial charge on any atom is -0.444 e. The lowest BCUT2D eigenvalue weighted by Gasteiger charge is -2.07. The number of amides is 1. The van der Waals surface area contributed by atoms with Gasteiger partial charge in [0.1, 0.15) is 6.26 Å². The van der Waals surface area contributed by atoms with Gasteiger partial charge < -0.3 is 9.73 Å². The van der Waals surface area contributed by atoms with Crippen molar-refractivity contribution in [3.63, 3.8) is 0 Å². The second kappa shape index (κ2) is 8.43. The van der Waals surface area contributed by atoms with Crippen LogP contribution in [0.2, 0.25) is 10.0 Å². The van der Waals surface area contributed by atoms with Crippen molar-refractivity contribution in [3.05, 3.63) is 70.5 Å². The molecule has 0 radical (unpaired) electrons. The molecule has 1 heterocycles. The molecule has 0 bridgehead atoms. The number of nitrogens with zero attached hydrogens (tertiary/aromatic N) is 1. The van der Waals surface area contributed by atoms with E-state index < -0.39 is 0 Å². The van der Waals surface area contributed by atoms with Crippen LogP contribution in [-0.2, 0) is 10.5 Å². The van der Waals surface area contributed by atoms with Crippen molar-refractivity contribution in [3.8, 4) is 11.5 Å². The number of carbonyl (C=O) groups is 1. The summed E-state index contributed by atoms with van der Waals surface area (Å²) in [7, 11) is 0. The Kier molecular flexibility index (Phi) is 6.02. The van der Waals surface area contributed by atoms with Crippen molar-refractivity contribution in [2.24, 2.45) is 0 Å². The van der Waals surface area contributed by atoms with E-state index in [4.69, 9.17) is 27.6 Å². The lowest BCUT2D eigenvalue weighted by Crippen LogP contribution is -2.14. The highest BCUT2D eigenvalue weighted by Crippen LogP contribution is 2.26. The van der Waals surface area contributed by atoms with Crippen molar-refractivity contribution in [1.82, 2.24) is 4.98 Å². The molecule has 0 saturated heterocycles. The van der Waals surface area contributed by atoms with Crippen LogP contribution in [0.3, 0.4) is 0 Å². The van der Waals surface area contributed by atoms with E-state index in [1.807, 2.05) is 30.3 Å². The lowest BCUT2D eigenvalue weighted by atomic mass is 10.2. The van der Waals surface area contributed by atoms with Crippen LogP contribution in [0.5, 0.6) is 0 Å². The number of thioether (sulfide) groups is 1. The smallest absolute Gasteiger partial charge is 0.234 e. The Hall–Kier alpha value is -1.95. The fraction of sp³-hybridized carbons (Fsp3) is 0.111. The van der Waals surface area contributed by atoms with Crippen LogP contribution in [0.4, 0.5) is 5.69 Å². The molecule has 0 atom stereocenters. The lowest BCUT2D eigenvalue weighted by molar-refractivity contribution is -0.113. The van der Waals surface area contributed by atoms with Crippen molar-refractivity contribution in [2.75, 3.05) is 11.1 Å². The molecule has 3 aromatic rings. The number of anilines is 1. The molecular formula is C18H14Cl2N2O2S. The normalized spacial score (nSPS) is 10.6. The van der Waals surface area contributed by atoms with E-state index in [0.717, 1.165) is 11.3 Å². The number of oxazole rings is 1. The predicted octanol–water partition coefficient (Wildman–Crippen LogP) is 5.52. The van der Waals surface area contributed by atoms with Gasteiger partial charge in [-0.1, -0.05) is 41.4 Å². The average molecular weight is 393 g/mol. The first kappa shape index (κ1) is 17.9. The van der Waals surface area contributed by atoms with Crippen molar-refractivity contribution < 1.29 is 9.21 Å². The first-order valence-electron chi connectivity index (χ1n) is 7.44. The topological polar surface area (TPSA) is 55.1 Å². The molecule has 0 aliphatic rings. The minimum atomic E-state index is -0.152. The second-order valence-electron chi connectivity index (χ2n) is 5.18. The third-order valence-electron chi connectivity index (χ3n) is 3.26. The highest BCUT2D eigenvalue weighted by Gasteiger charge is 2.09. The van der Waals surface area contributed by atoms with Crippen molar-refractivity contribution >= 4 is 46.6 Å². The molecule has 25 heavy (non-hydrogen) atoms. The molecule has 1 amide bonds. The summed E-state index contributed by atoms with van der Waals surface area (Å²) in [6, 6.07) is 14.6. The predicted molar refractivity (Wildman–Crippen MR) is 103 cm³/mol. The maximum atomic E-state index is 12.0. The van der Waals surface area contributed by atoms with Gasteiger partial charge in [-0.25, -0.2) is 4.98 Å². The largest absolute Gasteiger partial charge is 0.444 e. The third kappa shape index (κ3) is 5.01. The van der Waals surface area contributed by atoms with Crippen LogP contribution in [0, 0.1) is 0 Å². The van der Waals surface area contributed by atoms with E-state index >= 15 is 0 Å². The van der Waals surface area contributed by atoms with Crippen molar-refractivity contribution in [2.45, 2.75) is 5.75 Å². The van der Waals surface area contributed by atoms with Gasteiger partial charge in [0.2, 0.25) is 11.8 Å². The molecule has 0 unspecified atom stereocenters. The zero-order valence-electron chi connectivity index (χ0n) is 13.0. The van der Waals surface area contributed by atoms with Gasteiger partial charge in [0.15, 0.2) is 0 Å². The second-order valence-corrected chi connectivity index (χ2v) is 7.00. The van der Waals surface area contributed by atoms with E-state index in [9.17, 15) is 4.79 Å². The molecule has 0 aliphatic heterocycles. The highest BCUT2D eigenvalue weighted by atomic mass is 35.5. The van der Waals surface area contributed by atoms with Crippen LogP contribution in [0.25, 0.3) is 11.5 Å². The maximum Gasteiger partial charge on any atom is 0.234 e. The molecular weight excluding hydrogens is 379 g/mol. The van der Waals surface area contributed by atoms with Gasteiger partial charge in [-0.2, -0.15) is 0 Å². The van der Waals surface area contributed by atoms with Crippen LogP contribution in [-0.4, -0.2) is 16.6 Å². The van der Waals surface area contributed by atoms with Gasteiger partial charge in [0.25, 0.3) is 0 Å². The number of aromatic nitrogens is 1.